The third-order valence-electron chi connectivity index (χ3n) is 2.15. The number of thiophene rings is 1. The van der Waals surface area contributed by atoms with E-state index in [0.29, 0.717) is 4.88 Å². The van der Waals surface area contributed by atoms with Crippen LogP contribution < -0.4 is 5.32 Å². The van der Waals surface area contributed by atoms with E-state index in [4.69, 9.17) is 0 Å². The molecule has 2 aromatic heterocycles. The van der Waals surface area contributed by atoms with Crippen molar-refractivity contribution < 1.29 is 4.79 Å². The van der Waals surface area contributed by atoms with E-state index in [1.807, 2.05) is 32.2 Å². The molecule has 17 heavy (non-hydrogen) atoms. The van der Waals surface area contributed by atoms with Crippen molar-refractivity contribution >= 4 is 44.5 Å². The molecule has 0 aromatic carbocycles. The van der Waals surface area contributed by atoms with E-state index < -0.39 is 0 Å². The van der Waals surface area contributed by atoms with Crippen molar-refractivity contribution in [3.05, 3.63) is 36.9 Å². The molecule has 1 atom stereocenters. The zero-order valence-corrected chi connectivity index (χ0v) is 12.6. The highest BCUT2D eigenvalue weighted by atomic mass is 79.9. The first-order valence-electron chi connectivity index (χ1n) is 5.05. The van der Waals surface area contributed by atoms with E-state index in [0.717, 1.165) is 13.7 Å². The summed E-state index contributed by atoms with van der Waals surface area (Å²) in [5, 5.41) is 3.87. The Labute approximate surface area is 116 Å². The number of carbonyl (C=O) groups is 1. The van der Waals surface area contributed by atoms with Gasteiger partial charge in [0.1, 0.15) is 5.01 Å². The Morgan fingerprint density at radius 2 is 2.24 bits per heavy atom. The van der Waals surface area contributed by atoms with Gasteiger partial charge >= 0.3 is 0 Å². The minimum absolute atomic E-state index is 0.0536. The molecule has 0 saturated heterocycles. The van der Waals surface area contributed by atoms with Crippen LogP contribution in [0.5, 0.6) is 0 Å². The van der Waals surface area contributed by atoms with Crippen molar-refractivity contribution in [2.45, 2.75) is 19.9 Å². The highest BCUT2D eigenvalue weighted by Gasteiger charge is 2.15. The van der Waals surface area contributed by atoms with E-state index in [9.17, 15) is 4.79 Å². The lowest BCUT2D eigenvalue weighted by Crippen LogP contribution is -2.25. The van der Waals surface area contributed by atoms with Gasteiger partial charge in [-0.15, -0.1) is 22.7 Å². The Hall–Kier alpha value is -0.720. The first-order chi connectivity index (χ1) is 8.06. The molecule has 0 aliphatic heterocycles. The molecular weight excluding hydrogens is 320 g/mol. The van der Waals surface area contributed by atoms with Crippen molar-refractivity contribution in [2.24, 2.45) is 0 Å². The van der Waals surface area contributed by atoms with Crippen LogP contribution in [0.3, 0.4) is 0 Å². The van der Waals surface area contributed by atoms with Crippen molar-refractivity contribution in [3.63, 3.8) is 0 Å². The van der Waals surface area contributed by atoms with Gasteiger partial charge in [0, 0.05) is 11.1 Å². The molecule has 0 fully saturated rings. The second kappa shape index (κ2) is 5.29. The fourth-order valence-electron chi connectivity index (χ4n) is 1.34. The molecule has 3 nitrogen and oxygen atoms in total. The number of thiazole rings is 1. The maximum atomic E-state index is 11.9. The molecule has 0 aliphatic rings. The smallest absolute Gasteiger partial charge is 0.261 e. The van der Waals surface area contributed by atoms with E-state index in [1.54, 1.807) is 11.3 Å². The number of carbonyl (C=O) groups excluding carboxylic acids is 1. The number of hydrogen-bond donors (Lipinski definition) is 1. The van der Waals surface area contributed by atoms with Crippen LogP contribution >= 0.6 is 38.6 Å². The number of aryl methyl sites for hydroxylation is 1. The van der Waals surface area contributed by atoms with Crippen molar-refractivity contribution in [3.8, 4) is 0 Å². The normalized spacial score (nSPS) is 12.4. The van der Waals surface area contributed by atoms with E-state index in [2.05, 4.69) is 26.2 Å². The average Bonchev–Trinajstić information content (AvgIpc) is 2.87. The number of nitrogens with one attached hydrogen (secondary N) is 1. The second-order valence-corrected chi connectivity index (χ2v) is 7.34. The Morgan fingerprint density at radius 3 is 2.76 bits per heavy atom. The van der Waals surface area contributed by atoms with Gasteiger partial charge in [0.15, 0.2) is 0 Å². The number of nitrogens with zero attached hydrogens (tertiary/aromatic N) is 1. The van der Waals surface area contributed by atoms with Gasteiger partial charge < -0.3 is 5.32 Å². The fourth-order valence-corrected chi connectivity index (χ4v) is 3.40. The molecule has 2 rings (SSSR count). The molecular formula is C11H11BrN2OS2. The van der Waals surface area contributed by atoms with Gasteiger partial charge in [-0.1, -0.05) is 0 Å². The highest BCUT2D eigenvalue weighted by Crippen LogP contribution is 2.23. The van der Waals surface area contributed by atoms with Gasteiger partial charge in [0.05, 0.1) is 14.7 Å². The highest BCUT2D eigenvalue weighted by molar-refractivity contribution is 9.11. The lowest BCUT2D eigenvalue weighted by Gasteiger charge is -2.09. The molecule has 2 aromatic rings. The predicted molar refractivity (Wildman–Crippen MR) is 74.8 cm³/mol. The number of halogens is 1. The summed E-state index contributed by atoms with van der Waals surface area (Å²) in [6, 6.07) is 3.63. The molecule has 90 valence electrons. The lowest BCUT2D eigenvalue weighted by molar-refractivity contribution is 0.0944. The van der Waals surface area contributed by atoms with Gasteiger partial charge in [-0.05, 0) is 41.9 Å². The van der Waals surface area contributed by atoms with Crippen LogP contribution in [-0.4, -0.2) is 10.9 Å². The van der Waals surface area contributed by atoms with Gasteiger partial charge in [0.25, 0.3) is 5.91 Å². The minimum atomic E-state index is -0.0546. The summed E-state index contributed by atoms with van der Waals surface area (Å²) in [4.78, 5) is 18.0. The number of amides is 1. The lowest BCUT2D eigenvalue weighted by atomic mass is 10.3. The van der Waals surface area contributed by atoms with Gasteiger partial charge in [-0.3, -0.25) is 4.79 Å². The Balaban J connectivity index is 2.04. The standard InChI is InChI=1S/C11H11BrN2OS2/c1-6-5-13-11(16-6)7(2)14-10(15)8-3-4-9(12)17-8/h3-5,7H,1-2H3,(H,14,15). The molecule has 0 spiro atoms. The molecule has 0 aliphatic carbocycles. The molecule has 0 radical (unpaired) electrons. The first kappa shape index (κ1) is 12.7. The molecule has 6 heteroatoms. The van der Waals surface area contributed by atoms with Crippen LogP contribution in [0, 0.1) is 6.92 Å². The van der Waals surface area contributed by atoms with Crippen molar-refractivity contribution in [1.29, 1.82) is 0 Å². The maximum Gasteiger partial charge on any atom is 0.261 e. The molecule has 2 heterocycles. The molecule has 1 amide bonds. The predicted octanol–water partition coefficient (Wildman–Crippen LogP) is 3.77. The van der Waals surface area contributed by atoms with Crippen molar-refractivity contribution in [1.82, 2.24) is 10.3 Å². The number of hydrogen-bond acceptors (Lipinski definition) is 4. The van der Waals surface area contributed by atoms with Crippen LogP contribution in [0.15, 0.2) is 22.1 Å². The van der Waals surface area contributed by atoms with Crippen molar-refractivity contribution in [2.75, 3.05) is 0 Å². The molecule has 1 N–H and O–H groups in total. The fraction of sp³-hybridized carbons (Fsp3) is 0.273. The van der Waals surface area contributed by atoms with Crippen LogP contribution in [0.25, 0.3) is 0 Å². The van der Waals surface area contributed by atoms with E-state index >= 15 is 0 Å². The van der Waals surface area contributed by atoms with Gasteiger partial charge in [0.2, 0.25) is 0 Å². The van der Waals surface area contributed by atoms with Crippen LogP contribution in [0.2, 0.25) is 0 Å². The Bertz CT molecular complexity index is 535. The van der Waals surface area contributed by atoms with Gasteiger partial charge in [-0.25, -0.2) is 4.98 Å². The van der Waals surface area contributed by atoms with Gasteiger partial charge in [-0.2, -0.15) is 0 Å². The van der Waals surface area contributed by atoms with Crippen LogP contribution in [-0.2, 0) is 0 Å². The molecule has 0 bridgehead atoms. The monoisotopic (exact) mass is 330 g/mol. The molecule has 0 saturated carbocycles. The molecule has 1 unspecified atom stereocenters. The summed E-state index contributed by atoms with van der Waals surface area (Å²) in [6.45, 7) is 3.95. The zero-order valence-electron chi connectivity index (χ0n) is 9.36. The summed E-state index contributed by atoms with van der Waals surface area (Å²) in [7, 11) is 0. The largest absolute Gasteiger partial charge is 0.342 e. The third-order valence-corrected chi connectivity index (χ3v) is 4.87. The Morgan fingerprint density at radius 1 is 1.47 bits per heavy atom. The summed E-state index contributed by atoms with van der Waals surface area (Å²) in [5.74, 6) is -0.0546. The minimum Gasteiger partial charge on any atom is -0.342 e. The number of rotatable bonds is 3. The average molecular weight is 331 g/mol. The summed E-state index contributed by atoms with van der Waals surface area (Å²) < 4.78 is 0.959. The summed E-state index contributed by atoms with van der Waals surface area (Å²) >= 11 is 6.38. The summed E-state index contributed by atoms with van der Waals surface area (Å²) in [5.41, 5.74) is 0. The van der Waals surface area contributed by atoms with E-state index in [-0.39, 0.29) is 11.9 Å². The maximum absolute atomic E-state index is 11.9. The summed E-state index contributed by atoms with van der Waals surface area (Å²) in [6.07, 6.45) is 1.82. The van der Waals surface area contributed by atoms with Crippen LogP contribution in [0.4, 0.5) is 0 Å². The topological polar surface area (TPSA) is 42.0 Å². The number of aromatic nitrogens is 1. The van der Waals surface area contributed by atoms with E-state index in [1.165, 1.54) is 11.3 Å². The SMILES string of the molecule is Cc1cnc(C(C)NC(=O)c2ccc(Br)s2)s1. The first-order valence-corrected chi connectivity index (χ1v) is 7.47. The Kier molecular flexibility index (Phi) is 3.96. The second-order valence-electron chi connectivity index (χ2n) is 3.61. The third kappa shape index (κ3) is 3.14. The quantitative estimate of drug-likeness (QED) is 0.930. The zero-order chi connectivity index (χ0) is 12.4. The van der Waals surface area contributed by atoms with Crippen LogP contribution in [0.1, 0.15) is 32.5 Å².